The highest BCUT2D eigenvalue weighted by Crippen LogP contribution is 2.30. The second-order valence-electron chi connectivity index (χ2n) is 3.61. The predicted molar refractivity (Wildman–Crippen MR) is 56.0 cm³/mol. The van der Waals surface area contributed by atoms with Gasteiger partial charge in [0.25, 0.3) is 0 Å². The van der Waals surface area contributed by atoms with Crippen molar-refractivity contribution in [1.29, 1.82) is 0 Å². The smallest absolute Gasteiger partial charge is 0.169 e. The summed E-state index contributed by atoms with van der Waals surface area (Å²) in [6.45, 7) is 4.29. The van der Waals surface area contributed by atoms with Crippen molar-refractivity contribution in [3.8, 4) is 0 Å². The first kappa shape index (κ1) is 9.28. The predicted octanol–water partition coefficient (Wildman–Crippen LogP) is 2.82. The van der Waals surface area contributed by atoms with Crippen LogP contribution in [0.2, 0.25) is 0 Å². The fourth-order valence-electron chi connectivity index (χ4n) is 1.98. The van der Waals surface area contributed by atoms with Gasteiger partial charge in [-0.15, -0.1) is 0 Å². The van der Waals surface area contributed by atoms with Gasteiger partial charge in [0.05, 0.1) is 0 Å². The van der Waals surface area contributed by atoms with Gasteiger partial charge in [-0.25, -0.2) is 0 Å². The fourth-order valence-corrected chi connectivity index (χ4v) is 2.47. The zero-order chi connectivity index (χ0) is 9.26. The molecule has 1 atom stereocenters. The van der Waals surface area contributed by atoms with Gasteiger partial charge in [-0.05, 0) is 59.8 Å². The third kappa shape index (κ3) is 1.97. The Kier molecular flexibility index (Phi) is 2.74. The van der Waals surface area contributed by atoms with Gasteiger partial charge < -0.3 is 9.73 Å². The van der Waals surface area contributed by atoms with E-state index in [1.807, 2.05) is 6.92 Å². The number of hydrogen-bond acceptors (Lipinski definition) is 2. The largest absolute Gasteiger partial charge is 0.454 e. The van der Waals surface area contributed by atoms with E-state index in [9.17, 15) is 0 Å². The summed E-state index contributed by atoms with van der Waals surface area (Å²) in [6, 6.07) is 2.10. The Balaban J connectivity index is 2.18. The number of rotatable bonds is 1. The fraction of sp³-hybridized carbons (Fsp3) is 0.600. The van der Waals surface area contributed by atoms with Gasteiger partial charge >= 0.3 is 0 Å². The molecular formula is C10H14BrNO. The summed E-state index contributed by atoms with van der Waals surface area (Å²) in [6.07, 6.45) is 2.55. The van der Waals surface area contributed by atoms with E-state index in [2.05, 4.69) is 27.3 Å². The molecule has 13 heavy (non-hydrogen) atoms. The van der Waals surface area contributed by atoms with Crippen LogP contribution in [0.5, 0.6) is 0 Å². The van der Waals surface area contributed by atoms with E-state index in [0.717, 1.165) is 23.5 Å². The molecule has 1 fully saturated rings. The lowest BCUT2D eigenvalue weighted by atomic mass is 9.92. The molecule has 72 valence electrons. The van der Waals surface area contributed by atoms with Crippen LogP contribution in [0, 0.1) is 6.92 Å². The second kappa shape index (κ2) is 3.84. The van der Waals surface area contributed by atoms with Gasteiger partial charge in [0, 0.05) is 6.54 Å². The summed E-state index contributed by atoms with van der Waals surface area (Å²) in [5.74, 6) is 1.70. The van der Waals surface area contributed by atoms with Crippen molar-refractivity contribution in [1.82, 2.24) is 5.32 Å². The lowest BCUT2D eigenvalue weighted by Gasteiger charge is -2.22. The molecule has 1 aromatic rings. The Labute approximate surface area is 86.8 Å². The summed E-state index contributed by atoms with van der Waals surface area (Å²) >= 11 is 3.36. The van der Waals surface area contributed by atoms with E-state index >= 15 is 0 Å². The minimum absolute atomic E-state index is 0.642. The monoisotopic (exact) mass is 243 g/mol. The van der Waals surface area contributed by atoms with E-state index in [0.29, 0.717) is 5.92 Å². The number of furan rings is 1. The first-order valence-corrected chi connectivity index (χ1v) is 5.53. The van der Waals surface area contributed by atoms with Crippen LogP contribution in [-0.2, 0) is 0 Å². The molecule has 2 rings (SSSR count). The van der Waals surface area contributed by atoms with E-state index in [1.54, 1.807) is 0 Å². The number of halogens is 1. The molecule has 0 amide bonds. The molecule has 1 N–H and O–H groups in total. The second-order valence-corrected chi connectivity index (χ2v) is 4.39. The molecule has 0 radical (unpaired) electrons. The maximum absolute atomic E-state index is 5.46. The van der Waals surface area contributed by atoms with Gasteiger partial charge in [0.15, 0.2) is 4.67 Å². The van der Waals surface area contributed by atoms with Crippen LogP contribution in [0.15, 0.2) is 15.2 Å². The zero-order valence-corrected chi connectivity index (χ0v) is 9.36. The summed E-state index contributed by atoms with van der Waals surface area (Å²) in [7, 11) is 0. The highest BCUT2D eigenvalue weighted by Gasteiger charge is 2.19. The summed E-state index contributed by atoms with van der Waals surface area (Å²) in [4.78, 5) is 0. The Bertz CT molecular complexity index is 289. The van der Waals surface area contributed by atoms with Crippen LogP contribution in [-0.4, -0.2) is 13.1 Å². The molecule has 0 bridgehead atoms. The van der Waals surface area contributed by atoms with E-state index in [-0.39, 0.29) is 0 Å². The van der Waals surface area contributed by atoms with E-state index in [4.69, 9.17) is 4.42 Å². The average Bonchev–Trinajstić information content (AvgIpc) is 2.47. The lowest BCUT2D eigenvalue weighted by Crippen LogP contribution is -2.28. The Hall–Kier alpha value is -0.280. The molecule has 1 saturated heterocycles. The first-order valence-electron chi connectivity index (χ1n) is 4.74. The van der Waals surface area contributed by atoms with Crippen molar-refractivity contribution in [3.05, 3.63) is 22.1 Å². The highest BCUT2D eigenvalue weighted by molar-refractivity contribution is 9.10. The SMILES string of the molecule is Cc1oc(Br)cc1C1CCCNC1. The summed E-state index contributed by atoms with van der Waals surface area (Å²) in [5.41, 5.74) is 1.36. The maximum atomic E-state index is 5.46. The van der Waals surface area contributed by atoms with Gasteiger partial charge in [-0.3, -0.25) is 0 Å². The molecule has 1 aliphatic rings. The Morgan fingerprint density at radius 2 is 2.46 bits per heavy atom. The molecule has 0 spiro atoms. The molecule has 1 unspecified atom stereocenters. The summed E-state index contributed by atoms with van der Waals surface area (Å²) in [5, 5.41) is 3.41. The minimum atomic E-state index is 0.642. The molecule has 0 aromatic carbocycles. The van der Waals surface area contributed by atoms with Crippen molar-refractivity contribution in [3.63, 3.8) is 0 Å². The maximum Gasteiger partial charge on any atom is 0.169 e. The Morgan fingerprint density at radius 1 is 1.62 bits per heavy atom. The van der Waals surface area contributed by atoms with Gasteiger partial charge in [-0.2, -0.15) is 0 Å². The molecule has 2 heterocycles. The molecule has 1 aromatic heterocycles. The lowest BCUT2D eigenvalue weighted by molar-refractivity contribution is 0.448. The molecule has 1 aliphatic heterocycles. The number of aryl methyl sites for hydroxylation is 1. The highest BCUT2D eigenvalue weighted by atomic mass is 79.9. The van der Waals surface area contributed by atoms with E-state index in [1.165, 1.54) is 18.4 Å². The van der Waals surface area contributed by atoms with Gasteiger partial charge in [0.2, 0.25) is 0 Å². The van der Waals surface area contributed by atoms with E-state index < -0.39 is 0 Å². The molecule has 2 nitrogen and oxygen atoms in total. The number of piperidine rings is 1. The van der Waals surface area contributed by atoms with Crippen LogP contribution in [0.25, 0.3) is 0 Å². The third-order valence-electron chi connectivity index (χ3n) is 2.66. The van der Waals surface area contributed by atoms with Crippen molar-refractivity contribution >= 4 is 15.9 Å². The van der Waals surface area contributed by atoms with Crippen molar-refractivity contribution in [2.45, 2.75) is 25.7 Å². The van der Waals surface area contributed by atoms with Crippen molar-refractivity contribution in [2.75, 3.05) is 13.1 Å². The van der Waals surface area contributed by atoms with Crippen LogP contribution in [0.3, 0.4) is 0 Å². The summed E-state index contributed by atoms with van der Waals surface area (Å²) < 4.78 is 6.31. The molecular weight excluding hydrogens is 230 g/mol. The number of hydrogen-bond donors (Lipinski definition) is 1. The number of nitrogens with one attached hydrogen (secondary N) is 1. The van der Waals surface area contributed by atoms with Gasteiger partial charge in [0.1, 0.15) is 5.76 Å². The first-order chi connectivity index (χ1) is 6.27. The van der Waals surface area contributed by atoms with Crippen LogP contribution >= 0.6 is 15.9 Å². The zero-order valence-electron chi connectivity index (χ0n) is 7.77. The topological polar surface area (TPSA) is 25.2 Å². The van der Waals surface area contributed by atoms with Gasteiger partial charge in [-0.1, -0.05) is 0 Å². The third-order valence-corrected chi connectivity index (χ3v) is 3.05. The van der Waals surface area contributed by atoms with Crippen LogP contribution in [0.4, 0.5) is 0 Å². The van der Waals surface area contributed by atoms with Crippen LogP contribution < -0.4 is 5.32 Å². The quantitative estimate of drug-likeness (QED) is 0.821. The molecule has 3 heteroatoms. The van der Waals surface area contributed by atoms with Crippen molar-refractivity contribution in [2.24, 2.45) is 0 Å². The Morgan fingerprint density at radius 3 is 3.00 bits per heavy atom. The average molecular weight is 244 g/mol. The molecule has 0 aliphatic carbocycles. The van der Waals surface area contributed by atoms with Crippen molar-refractivity contribution < 1.29 is 4.42 Å². The molecule has 0 saturated carbocycles. The minimum Gasteiger partial charge on any atom is -0.454 e. The normalized spacial score (nSPS) is 23.4. The van der Waals surface area contributed by atoms with Crippen LogP contribution in [0.1, 0.15) is 30.1 Å². The standard InChI is InChI=1S/C10H14BrNO/c1-7-9(5-10(11)13-7)8-3-2-4-12-6-8/h5,8,12H,2-4,6H2,1H3.